The molecule has 0 bridgehead atoms. The minimum atomic E-state index is 0.611. The Balaban J connectivity index is 2.09. The second-order valence-corrected chi connectivity index (χ2v) is 4.35. The van der Waals surface area contributed by atoms with E-state index in [4.69, 9.17) is 4.74 Å². The average Bonchev–Trinajstić information content (AvgIpc) is 2.31. The third-order valence-electron chi connectivity index (χ3n) is 2.81. The third-order valence-corrected chi connectivity index (χ3v) is 2.81. The lowest BCUT2D eigenvalue weighted by atomic mass is 10.1. The van der Waals surface area contributed by atoms with Gasteiger partial charge in [-0.25, -0.2) is 0 Å². The molecule has 2 nitrogen and oxygen atoms in total. The molecule has 1 aromatic carbocycles. The minimum Gasteiger partial charge on any atom is -0.494 e. The molecule has 0 spiro atoms. The molecule has 90 valence electrons. The Labute approximate surface area is 99.0 Å². The zero-order chi connectivity index (χ0) is 11.8. The standard InChI is InChI=1S/C14H23NO/c1-12-7-9-14(10-8-12)16-11-5-4-6-13(2)15-3/h7-10,13,15H,4-6,11H2,1-3H3. The van der Waals surface area contributed by atoms with E-state index in [1.165, 1.54) is 18.4 Å². The molecule has 2 heteroatoms. The highest BCUT2D eigenvalue weighted by Gasteiger charge is 1.98. The second kappa shape index (κ2) is 7.29. The molecule has 0 saturated carbocycles. The highest BCUT2D eigenvalue weighted by molar-refractivity contribution is 5.26. The Morgan fingerprint density at radius 3 is 2.50 bits per heavy atom. The molecule has 1 unspecified atom stereocenters. The summed E-state index contributed by atoms with van der Waals surface area (Å²) < 4.78 is 5.66. The van der Waals surface area contributed by atoms with E-state index < -0.39 is 0 Å². The topological polar surface area (TPSA) is 21.3 Å². The van der Waals surface area contributed by atoms with Gasteiger partial charge < -0.3 is 10.1 Å². The van der Waals surface area contributed by atoms with Crippen molar-refractivity contribution in [1.29, 1.82) is 0 Å². The largest absolute Gasteiger partial charge is 0.494 e. The highest BCUT2D eigenvalue weighted by Crippen LogP contribution is 2.12. The summed E-state index contributed by atoms with van der Waals surface area (Å²) in [4.78, 5) is 0. The predicted molar refractivity (Wildman–Crippen MR) is 69.0 cm³/mol. The summed E-state index contributed by atoms with van der Waals surface area (Å²) >= 11 is 0. The normalized spacial score (nSPS) is 12.4. The van der Waals surface area contributed by atoms with Crippen molar-refractivity contribution in [2.24, 2.45) is 0 Å². The van der Waals surface area contributed by atoms with Crippen molar-refractivity contribution in [2.45, 2.75) is 39.2 Å². The molecule has 0 aliphatic carbocycles. The van der Waals surface area contributed by atoms with Crippen LogP contribution in [0.1, 0.15) is 31.7 Å². The van der Waals surface area contributed by atoms with Crippen LogP contribution in [0.3, 0.4) is 0 Å². The van der Waals surface area contributed by atoms with E-state index in [1.807, 2.05) is 19.2 Å². The smallest absolute Gasteiger partial charge is 0.119 e. The van der Waals surface area contributed by atoms with E-state index >= 15 is 0 Å². The van der Waals surface area contributed by atoms with Gasteiger partial charge in [-0.3, -0.25) is 0 Å². The number of benzene rings is 1. The fraction of sp³-hybridized carbons (Fsp3) is 0.571. The third kappa shape index (κ3) is 5.17. The SMILES string of the molecule is CNC(C)CCCCOc1ccc(C)cc1. The summed E-state index contributed by atoms with van der Waals surface area (Å²) in [5.74, 6) is 0.979. The van der Waals surface area contributed by atoms with E-state index in [-0.39, 0.29) is 0 Å². The molecular formula is C14H23NO. The molecule has 0 amide bonds. The second-order valence-electron chi connectivity index (χ2n) is 4.35. The maximum atomic E-state index is 5.66. The average molecular weight is 221 g/mol. The number of nitrogens with one attached hydrogen (secondary N) is 1. The van der Waals surface area contributed by atoms with Crippen LogP contribution in [0.15, 0.2) is 24.3 Å². The predicted octanol–water partition coefficient (Wildman–Crippen LogP) is 3.15. The molecule has 0 aliphatic heterocycles. The number of aryl methyl sites for hydroxylation is 1. The van der Waals surface area contributed by atoms with Gasteiger partial charge in [0.1, 0.15) is 5.75 Å². The monoisotopic (exact) mass is 221 g/mol. The first-order valence-electron chi connectivity index (χ1n) is 6.09. The molecule has 1 atom stereocenters. The lowest BCUT2D eigenvalue weighted by molar-refractivity contribution is 0.302. The molecule has 1 aromatic rings. The first-order valence-corrected chi connectivity index (χ1v) is 6.09. The minimum absolute atomic E-state index is 0.611. The van der Waals surface area contributed by atoms with Crippen LogP contribution >= 0.6 is 0 Å². The van der Waals surface area contributed by atoms with E-state index in [2.05, 4.69) is 31.3 Å². The van der Waals surface area contributed by atoms with E-state index in [0.29, 0.717) is 6.04 Å². The van der Waals surface area contributed by atoms with Crippen molar-refractivity contribution >= 4 is 0 Å². The lowest BCUT2D eigenvalue weighted by Gasteiger charge is -2.10. The summed E-state index contributed by atoms with van der Waals surface area (Å²) in [5, 5.41) is 3.24. The van der Waals surface area contributed by atoms with Crippen LogP contribution in [-0.4, -0.2) is 19.7 Å². The van der Waals surface area contributed by atoms with E-state index in [9.17, 15) is 0 Å². The molecule has 0 fully saturated rings. The maximum absolute atomic E-state index is 5.66. The van der Waals surface area contributed by atoms with Gasteiger partial charge >= 0.3 is 0 Å². The number of hydrogen-bond donors (Lipinski definition) is 1. The Hall–Kier alpha value is -1.02. The number of unbranched alkanes of at least 4 members (excludes halogenated alkanes) is 1. The first-order chi connectivity index (χ1) is 7.72. The van der Waals surface area contributed by atoms with Crippen molar-refractivity contribution in [2.75, 3.05) is 13.7 Å². The van der Waals surface area contributed by atoms with Crippen LogP contribution in [0.25, 0.3) is 0 Å². The molecule has 0 aliphatic rings. The molecule has 0 saturated heterocycles. The van der Waals surface area contributed by atoms with Crippen molar-refractivity contribution in [3.8, 4) is 5.75 Å². The van der Waals surface area contributed by atoms with Crippen LogP contribution in [-0.2, 0) is 0 Å². The summed E-state index contributed by atoms with van der Waals surface area (Å²) in [5.41, 5.74) is 1.27. The summed E-state index contributed by atoms with van der Waals surface area (Å²) in [6, 6.07) is 8.84. The Morgan fingerprint density at radius 2 is 1.88 bits per heavy atom. The van der Waals surface area contributed by atoms with Crippen LogP contribution in [0.2, 0.25) is 0 Å². The Morgan fingerprint density at radius 1 is 1.19 bits per heavy atom. The zero-order valence-electron chi connectivity index (χ0n) is 10.6. The van der Waals surface area contributed by atoms with Crippen LogP contribution < -0.4 is 10.1 Å². The molecule has 0 aromatic heterocycles. The van der Waals surface area contributed by atoms with Crippen LogP contribution in [0, 0.1) is 6.92 Å². The Bertz CT molecular complexity index is 281. The van der Waals surface area contributed by atoms with E-state index in [1.54, 1.807) is 0 Å². The van der Waals surface area contributed by atoms with Gasteiger partial charge in [-0.15, -0.1) is 0 Å². The van der Waals surface area contributed by atoms with Gasteiger partial charge in [0, 0.05) is 6.04 Å². The van der Waals surface area contributed by atoms with Gasteiger partial charge in [-0.05, 0) is 52.3 Å². The molecule has 16 heavy (non-hydrogen) atoms. The van der Waals surface area contributed by atoms with Crippen molar-refractivity contribution in [3.05, 3.63) is 29.8 Å². The molecule has 1 N–H and O–H groups in total. The summed E-state index contributed by atoms with van der Waals surface area (Å²) in [7, 11) is 2.01. The number of ether oxygens (including phenoxy) is 1. The maximum Gasteiger partial charge on any atom is 0.119 e. The fourth-order valence-electron chi connectivity index (χ4n) is 1.52. The number of rotatable bonds is 7. The molecular weight excluding hydrogens is 198 g/mol. The molecule has 0 radical (unpaired) electrons. The molecule has 1 rings (SSSR count). The zero-order valence-corrected chi connectivity index (χ0v) is 10.6. The summed E-state index contributed by atoms with van der Waals surface area (Å²) in [6.45, 7) is 5.11. The van der Waals surface area contributed by atoms with E-state index in [0.717, 1.165) is 18.8 Å². The lowest BCUT2D eigenvalue weighted by Crippen LogP contribution is -2.20. The van der Waals surface area contributed by atoms with Gasteiger partial charge in [0.2, 0.25) is 0 Å². The number of hydrogen-bond acceptors (Lipinski definition) is 2. The van der Waals surface area contributed by atoms with Crippen LogP contribution in [0.4, 0.5) is 0 Å². The van der Waals surface area contributed by atoms with Crippen LogP contribution in [0.5, 0.6) is 5.75 Å². The van der Waals surface area contributed by atoms with Gasteiger partial charge in [0.15, 0.2) is 0 Å². The first kappa shape index (κ1) is 13.0. The van der Waals surface area contributed by atoms with Crippen molar-refractivity contribution in [1.82, 2.24) is 5.32 Å². The fourth-order valence-corrected chi connectivity index (χ4v) is 1.52. The van der Waals surface area contributed by atoms with Gasteiger partial charge in [-0.1, -0.05) is 17.7 Å². The van der Waals surface area contributed by atoms with Gasteiger partial charge in [-0.2, -0.15) is 0 Å². The van der Waals surface area contributed by atoms with Crippen molar-refractivity contribution in [3.63, 3.8) is 0 Å². The van der Waals surface area contributed by atoms with Crippen molar-refractivity contribution < 1.29 is 4.74 Å². The quantitative estimate of drug-likeness (QED) is 0.714. The highest BCUT2D eigenvalue weighted by atomic mass is 16.5. The molecule has 0 heterocycles. The summed E-state index contributed by atoms with van der Waals surface area (Å²) in [6.07, 6.45) is 3.56. The Kier molecular flexibility index (Phi) is 5.94. The van der Waals surface area contributed by atoms with Gasteiger partial charge in [0.05, 0.1) is 6.61 Å². The van der Waals surface area contributed by atoms with Gasteiger partial charge in [0.25, 0.3) is 0 Å².